The monoisotopic (exact) mass is 296 g/mol. The van der Waals surface area contributed by atoms with Crippen LogP contribution < -0.4 is 5.32 Å². The molecule has 112 valence electrons. The van der Waals surface area contributed by atoms with E-state index in [-0.39, 0.29) is 12.4 Å². The number of hydrogen-bond acceptors (Lipinski definition) is 3. The predicted octanol–water partition coefficient (Wildman–Crippen LogP) is 2.92. The lowest BCUT2D eigenvalue weighted by atomic mass is 9.79. The number of halogens is 1. The van der Waals surface area contributed by atoms with Crippen molar-refractivity contribution in [2.24, 2.45) is 0 Å². The highest BCUT2D eigenvalue weighted by molar-refractivity contribution is 5.85. The molecule has 2 aliphatic rings. The average Bonchev–Trinajstić information content (AvgIpc) is 2.43. The molecule has 1 heterocycles. The second-order valence-corrected chi connectivity index (χ2v) is 6.05. The van der Waals surface area contributed by atoms with Gasteiger partial charge in [0.2, 0.25) is 0 Å². The van der Waals surface area contributed by atoms with Crippen LogP contribution in [0.25, 0.3) is 0 Å². The van der Waals surface area contributed by atoms with Gasteiger partial charge in [0.05, 0.1) is 0 Å². The number of aromatic hydroxyl groups is 1. The van der Waals surface area contributed by atoms with Gasteiger partial charge in [-0.3, -0.25) is 4.90 Å². The largest absolute Gasteiger partial charge is 0.508 e. The van der Waals surface area contributed by atoms with Crippen molar-refractivity contribution in [2.45, 2.75) is 44.2 Å². The highest BCUT2D eigenvalue weighted by Gasteiger charge is 2.39. The van der Waals surface area contributed by atoms with Gasteiger partial charge in [0.15, 0.2) is 0 Å². The van der Waals surface area contributed by atoms with Crippen LogP contribution in [0.4, 0.5) is 0 Å². The van der Waals surface area contributed by atoms with E-state index in [0.29, 0.717) is 11.3 Å². The van der Waals surface area contributed by atoms with Crippen molar-refractivity contribution in [1.29, 1.82) is 0 Å². The summed E-state index contributed by atoms with van der Waals surface area (Å²) in [4.78, 5) is 2.65. The van der Waals surface area contributed by atoms with Crippen LogP contribution in [-0.2, 0) is 6.54 Å². The molecule has 0 aromatic heterocycles. The molecular weight excluding hydrogens is 272 g/mol. The normalized spacial score (nSPS) is 22.4. The number of piperazine rings is 1. The SMILES string of the molecule is Cl.Oc1cccc(CN2CCNCC23CCCCC3)c1. The first-order valence-electron chi connectivity index (χ1n) is 7.52. The number of rotatable bonds is 2. The summed E-state index contributed by atoms with van der Waals surface area (Å²) < 4.78 is 0. The Morgan fingerprint density at radius 2 is 2.00 bits per heavy atom. The van der Waals surface area contributed by atoms with Gasteiger partial charge >= 0.3 is 0 Å². The van der Waals surface area contributed by atoms with E-state index < -0.39 is 0 Å². The Bertz CT molecular complexity index is 424. The second-order valence-electron chi connectivity index (χ2n) is 6.05. The van der Waals surface area contributed by atoms with Crippen molar-refractivity contribution < 1.29 is 5.11 Å². The number of phenolic OH excluding ortho intramolecular Hbond substituents is 1. The smallest absolute Gasteiger partial charge is 0.115 e. The molecule has 0 bridgehead atoms. The van der Waals surface area contributed by atoms with E-state index in [2.05, 4.69) is 16.3 Å². The summed E-state index contributed by atoms with van der Waals surface area (Å²) in [6.45, 7) is 4.30. The van der Waals surface area contributed by atoms with E-state index in [1.54, 1.807) is 6.07 Å². The van der Waals surface area contributed by atoms with E-state index in [9.17, 15) is 5.11 Å². The first-order valence-corrected chi connectivity index (χ1v) is 7.52. The van der Waals surface area contributed by atoms with Crippen molar-refractivity contribution in [3.05, 3.63) is 29.8 Å². The Balaban J connectivity index is 0.00000147. The van der Waals surface area contributed by atoms with E-state index in [1.165, 1.54) is 37.7 Å². The molecule has 20 heavy (non-hydrogen) atoms. The maximum atomic E-state index is 9.61. The van der Waals surface area contributed by atoms with Crippen molar-refractivity contribution >= 4 is 12.4 Å². The number of hydrogen-bond donors (Lipinski definition) is 2. The molecule has 0 unspecified atom stereocenters. The van der Waals surface area contributed by atoms with Gasteiger partial charge in [-0.2, -0.15) is 0 Å². The Hall–Kier alpha value is -0.770. The summed E-state index contributed by atoms with van der Waals surface area (Å²) in [6, 6.07) is 7.72. The molecule has 3 nitrogen and oxygen atoms in total. The highest BCUT2D eigenvalue weighted by atomic mass is 35.5. The minimum absolute atomic E-state index is 0. The molecule has 1 spiro atoms. The molecule has 1 aromatic rings. The lowest BCUT2D eigenvalue weighted by Crippen LogP contribution is -2.61. The summed E-state index contributed by atoms with van der Waals surface area (Å²) in [5, 5.41) is 13.2. The quantitative estimate of drug-likeness (QED) is 0.881. The summed E-state index contributed by atoms with van der Waals surface area (Å²) in [5.74, 6) is 0.380. The fourth-order valence-corrected chi connectivity index (χ4v) is 3.71. The minimum atomic E-state index is 0. The molecule has 4 heteroatoms. The number of nitrogens with one attached hydrogen (secondary N) is 1. The van der Waals surface area contributed by atoms with Crippen molar-refractivity contribution in [2.75, 3.05) is 19.6 Å². The van der Waals surface area contributed by atoms with Gasteiger partial charge in [-0.05, 0) is 30.5 Å². The molecule has 0 radical (unpaired) electrons. The molecule has 0 atom stereocenters. The van der Waals surface area contributed by atoms with Crippen LogP contribution in [0.1, 0.15) is 37.7 Å². The zero-order valence-corrected chi connectivity index (χ0v) is 12.8. The van der Waals surface area contributed by atoms with Crippen LogP contribution in [0.3, 0.4) is 0 Å². The van der Waals surface area contributed by atoms with Gasteiger partial charge in [-0.25, -0.2) is 0 Å². The number of phenols is 1. The second kappa shape index (κ2) is 6.79. The Morgan fingerprint density at radius 1 is 1.20 bits per heavy atom. The molecular formula is C16H25ClN2O. The Labute approximate surface area is 127 Å². The summed E-state index contributed by atoms with van der Waals surface area (Å²) in [5.41, 5.74) is 1.59. The van der Waals surface area contributed by atoms with E-state index >= 15 is 0 Å². The third-order valence-electron chi connectivity index (χ3n) is 4.75. The summed E-state index contributed by atoms with van der Waals surface area (Å²) >= 11 is 0. The van der Waals surface area contributed by atoms with E-state index in [1.807, 2.05) is 12.1 Å². The van der Waals surface area contributed by atoms with Crippen LogP contribution >= 0.6 is 12.4 Å². The first kappa shape index (κ1) is 15.6. The minimum Gasteiger partial charge on any atom is -0.508 e. The molecule has 1 aliphatic heterocycles. The topological polar surface area (TPSA) is 35.5 Å². The van der Waals surface area contributed by atoms with Crippen molar-refractivity contribution in [1.82, 2.24) is 10.2 Å². The molecule has 1 aromatic carbocycles. The molecule has 2 N–H and O–H groups in total. The fraction of sp³-hybridized carbons (Fsp3) is 0.625. The van der Waals surface area contributed by atoms with Crippen molar-refractivity contribution in [3.8, 4) is 5.75 Å². The molecule has 0 amide bonds. The van der Waals surface area contributed by atoms with Gasteiger partial charge in [0.1, 0.15) is 5.75 Å². The summed E-state index contributed by atoms with van der Waals surface area (Å²) in [7, 11) is 0. The zero-order valence-electron chi connectivity index (χ0n) is 12.0. The average molecular weight is 297 g/mol. The van der Waals surface area contributed by atoms with Crippen LogP contribution in [-0.4, -0.2) is 35.2 Å². The van der Waals surface area contributed by atoms with Crippen LogP contribution in [0.2, 0.25) is 0 Å². The molecule has 1 aliphatic carbocycles. The van der Waals surface area contributed by atoms with Gasteiger partial charge in [0, 0.05) is 31.7 Å². The van der Waals surface area contributed by atoms with Gasteiger partial charge in [-0.15, -0.1) is 12.4 Å². The van der Waals surface area contributed by atoms with Crippen LogP contribution in [0.15, 0.2) is 24.3 Å². The van der Waals surface area contributed by atoms with Crippen molar-refractivity contribution in [3.63, 3.8) is 0 Å². The van der Waals surface area contributed by atoms with Gasteiger partial charge < -0.3 is 10.4 Å². The molecule has 3 rings (SSSR count). The summed E-state index contributed by atoms with van der Waals surface area (Å²) in [6.07, 6.45) is 6.75. The lowest BCUT2D eigenvalue weighted by Gasteiger charge is -2.50. The third-order valence-corrected chi connectivity index (χ3v) is 4.75. The first-order chi connectivity index (χ1) is 9.28. The lowest BCUT2D eigenvalue weighted by molar-refractivity contribution is 0.0208. The molecule has 1 saturated heterocycles. The van der Waals surface area contributed by atoms with E-state index in [4.69, 9.17) is 0 Å². The van der Waals surface area contributed by atoms with Crippen LogP contribution in [0.5, 0.6) is 5.75 Å². The number of nitrogens with zero attached hydrogens (tertiary/aromatic N) is 1. The van der Waals surface area contributed by atoms with Gasteiger partial charge in [0.25, 0.3) is 0 Å². The number of benzene rings is 1. The molecule has 2 fully saturated rings. The zero-order chi connectivity index (χ0) is 13.1. The maximum absolute atomic E-state index is 9.61. The Morgan fingerprint density at radius 3 is 2.75 bits per heavy atom. The third kappa shape index (κ3) is 3.27. The predicted molar refractivity (Wildman–Crippen MR) is 84.5 cm³/mol. The highest BCUT2D eigenvalue weighted by Crippen LogP contribution is 2.35. The standard InChI is InChI=1S/C16H24N2O.ClH/c19-15-6-4-5-14(11-15)12-18-10-9-17-13-16(18)7-2-1-3-8-16;/h4-6,11,17,19H,1-3,7-10,12-13H2;1H. The van der Waals surface area contributed by atoms with E-state index in [0.717, 1.165) is 26.2 Å². The van der Waals surface area contributed by atoms with Crippen LogP contribution in [0, 0.1) is 0 Å². The molecule has 1 saturated carbocycles. The Kier molecular flexibility index (Phi) is 5.30. The van der Waals surface area contributed by atoms with Gasteiger partial charge in [-0.1, -0.05) is 31.4 Å². The maximum Gasteiger partial charge on any atom is 0.115 e. The fourth-order valence-electron chi connectivity index (χ4n) is 3.71.